The largest absolute Gasteiger partial charge is 0.351 e. The Morgan fingerprint density at radius 1 is 1.06 bits per heavy atom. The molecule has 2 N–H and O–H groups in total. The number of aromatic nitrogens is 2. The highest BCUT2D eigenvalue weighted by Gasteiger charge is 2.42. The zero-order valence-corrected chi connectivity index (χ0v) is 22.6. The number of thiocarbonyl (C=S) groups is 1. The number of aryl methyl sites for hydroxylation is 1. The van der Waals surface area contributed by atoms with Gasteiger partial charge in [0.2, 0.25) is 5.91 Å². The predicted octanol–water partition coefficient (Wildman–Crippen LogP) is 6.39. The number of para-hydroxylation sites is 1. The molecule has 0 spiro atoms. The molecule has 0 radical (unpaired) electrons. The molecule has 36 heavy (non-hydrogen) atoms. The van der Waals surface area contributed by atoms with Gasteiger partial charge in [-0.05, 0) is 102 Å². The van der Waals surface area contributed by atoms with Gasteiger partial charge in [-0.2, -0.15) is 0 Å². The number of amides is 1. The van der Waals surface area contributed by atoms with Crippen molar-refractivity contribution in [3.63, 3.8) is 0 Å². The molecule has 4 aromatic rings. The van der Waals surface area contributed by atoms with Crippen LogP contribution in [0.3, 0.4) is 0 Å². The summed E-state index contributed by atoms with van der Waals surface area (Å²) in [7, 11) is 0. The Morgan fingerprint density at radius 2 is 1.78 bits per heavy atom. The van der Waals surface area contributed by atoms with E-state index in [-0.39, 0.29) is 18.0 Å². The average molecular weight is 561 g/mol. The van der Waals surface area contributed by atoms with Crippen LogP contribution in [0.4, 0.5) is 11.4 Å². The lowest BCUT2D eigenvalue weighted by molar-refractivity contribution is -0.114. The number of pyridine rings is 1. The summed E-state index contributed by atoms with van der Waals surface area (Å²) in [6.45, 7) is 5.78. The van der Waals surface area contributed by atoms with Crippen molar-refractivity contribution >= 4 is 50.5 Å². The second-order valence-corrected chi connectivity index (χ2v) is 10.1. The van der Waals surface area contributed by atoms with Gasteiger partial charge in [0.05, 0.1) is 23.5 Å². The van der Waals surface area contributed by atoms with Crippen LogP contribution in [0.2, 0.25) is 0 Å². The summed E-state index contributed by atoms with van der Waals surface area (Å²) in [5.41, 5.74) is 7.13. The summed E-state index contributed by atoms with van der Waals surface area (Å²) in [6.07, 6.45) is 1.81. The van der Waals surface area contributed by atoms with Gasteiger partial charge in [-0.3, -0.25) is 9.78 Å². The quantitative estimate of drug-likeness (QED) is 0.277. The average Bonchev–Trinajstić information content (AvgIpc) is 3.35. The standard InChI is InChI=1S/C28H26BrN5OS/c1-17-16-22(18(2)33(17)25-10-5-4-8-23(25)29)27-26(24-9-6-7-15-30-24)32-28(36)34(27)21-13-11-20(12-14-21)31-19(3)35/h4-16,26-27H,1-3H3,(H,31,35)(H,32,36)/t26-,27-/m0/s1. The number of benzene rings is 2. The van der Waals surface area contributed by atoms with Gasteiger partial charge in [0.25, 0.3) is 0 Å². The maximum atomic E-state index is 11.5. The number of hydrogen-bond donors (Lipinski definition) is 2. The van der Waals surface area contributed by atoms with Crippen LogP contribution < -0.4 is 15.5 Å². The number of carbonyl (C=O) groups is 1. The molecule has 0 aliphatic carbocycles. The van der Waals surface area contributed by atoms with Crippen molar-refractivity contribution in [2.75, 3.05) is 10.2 Å². The fourth-order valence-electron chi connectivity index (χ4n) is 4.95. The summed E-state index contributed by atoms with van der Waals surface area (Å²) < 4.78 is 3.30. The molecule has 1 aliphatic heterocycles. The Bertz CT molecular complexity index is 1430. The number of halogens is 1. The monoisotopic (exact) mass is 559 g/mol. The fraction of sp³-hybridized carbons (Fsp3) is 0.179. The van der Waals surface area contributed by atoms with E-state index >= 15 is 0 Å². The van der Waals surface area contributed by atoms with Crippen LogP contribution in [0, 0.1) is 13.8 Å². The van der Waals surface area contributed by atoms with Crippen molar-refractivity contribution in [1.29, 1.82) is 0 Å². The van der Waals surface area contributed by atoms with Crippen molar-refractivity contribution in [1.82, 2.24) is 14.9 Å². The smallest absolute Gasteiger partial charge is 0.221 e. The number of nitrogens with zero attached hydrogens (tertiary/aromatic N) is 3. The molecule has 182 valence electrons. The third-order valence-corrected chi connectivity index (χ3v) is 7.43. The number of carbonyl (C=O) groups excluding carboxylic acids is 1. The lowest BCUT2D eigenvalue weighted by Crippen LogP contribution is -2.29. The van der Waals surface area contributed by atoms with E-state index in [0.717, 1.165) is 44.2 Å². The van der Waals surface area contributed by atoms with Crippen molar-refractivity contribution in [2.24, 2.45) is 0 Å². The van der Waals surface area contributed by atoms with Gasteiger partial charge < -0.3 is 20.1 Å². The highest BCUT2D eigenvalue weighted by molar-refractivity contribution is 9.10. The maximum Gasteiger partial charge on any atom is 0.221 e. The van der Waals surface area contributed by atoms with E-state index < -0.39 is 0 Å². The Hall–Kier alpha value is -3.49. The van der Waals surface area contributed by atoms with E-state index in [1.807, 2.05) is 60.8 Å². The first-order valence-electron chi connectivity index (χ1n) is 11.7. The molecule has 2 aromatic heterocycles. The summed E-state index contributed by atoms with van der Waals surface area (Å²) in [5.74, 6) is -0.103. The first-order valence-corrected chi connectivity index (χ1v) is 12.9. The van der Waals surface area contributed by atoms with Gasteiger partial charge in [-0.25, -0.2) is 0 Å². The molecule has 5 rings (SSSR count). The number of nitrogens with one attached hydrogen (secondary N) is 2. The predicted molar refractivity (Wildman–Crippen MR) is 152 cm³/mol. The molecule has 0 saturated carbocycles. The number of rotatable bonds is 5. The lowest BCUT2D eigenvalue weighted by Gasteiger charge is -2.28. The SMILES string of the molecule is CC(=O)Nc1ccc(N2C(=S)N[C@@H](c3ccccn3)[C@@H]2c2cc(C)n(-c3ccccc3Br)c2C)cc1. The topological polar surface area (TPSA) is 62.2 Å². The molecule has 8 heteroatoms. The van der Waals surface area contributed by atoms with Gasteiger partial charge in [-0.1, -0.05) is 18.2 Å². The highest BCUT2D eigenvalue weighted by Crippen LogP contribution is 2.44. The van der Waals surface area contributed by atoms with Gasteiger partial charge in [-0.15, -0.1) is 0 Å². The molecule has 1 saturated heterocycles. The fourth-order valence-corrected chi connectivity index (χ4v) is 5.76. The molecule has 0 unspecified atom stereocenters. The van der Waals surface area contributed by atoms with Gasteiger partial charge in [0, 0.05) is 40.4 Å². The van der Waals surface area contributed by atoms with E-state index in [1.165, 1.54) is 6.92 Å². The second-order valence-electron chi connectivity index (χ2n) is 8.84. The maximum absolute atomic E-state index is 11.5. The van der Waals surface area contributed by atoms with Crippen LogP contribution >= 0.6 is 28.1 Å². The molecular weight excluding hydrogens is 534 g/mol. The first-order chi connectivity index (χ1) is 17.3. The van der Waals surface area contributed by atoms with Gasteiger partial charge >= 0.3 is 0 Å². The first kappa shape index (κ1) is 24.2. The third kappa shape index (κ3) is 4.42. The van der Waals surface area contributed by atoms with Crippen molar-refractivity contribution in [2.45, 2.75) is 32.9 Å². The third-order valence-electron chi connectivity index (χ3n) is 6.45. The van der Waals surface area contributed by atoms with Crippen molar-refractivity contribution in [3.8, 4) is 5.69 Å². The Balaban J connectivity index is 1.64. The van der Waals surface area contributed by atoms with Gasteiger partial charge in [0.15, 0.2) is 5.11 Å². The Labute approximate surface area is 224 Å². The Morgan fingerprint density at radius 3 is 2.44 bits per heavy atom. The van der Waals surface area contributed by atoms with Crippen LogP contribution in [-0.2, 0) is 4.79 Å². The molecule has 1 aliphatic rings. The molecule has 1 amide bonds. The zero-order chi connectivity index (χ0) is 25.4. The van der Waals surface area contributed by atoms with Gasteiger partial charge in [0.1, 0.15) is 0 Å². The summed E-state index contributed by atoms with van der Waals surface area (Å²) >= 11 is 9.60. The minimum atomic E-state index is -0.137. The summed E-state index contributed by atoms with van der Waals surface area (Å²) in [4.78, 5) is 18.3. The van der Waals surface area contributed by atoms with Crippen LogP contribution in [0.5, 0.6) is 0 Å². The molecule has 3 heterocycles. The van der Waals surface area contributed by atoms with Crippen LogP contribution in [-0.4, -0.2) is 20.6 Å². The summed E-state index contributed by atoms with van der Waals surface area (Å²) in [5, 5.41) is 6.99. The van der Waals surface area contributed by atoms with Crippen LogP contribution in [0.25, 0.3) is 5.69 Å². The minimum Gasteiger partial charge on any atom is -0.351 e. The molecule has 1 fully saturated rings. The van der Waals surface area contributed by atoms with Crippen molar-refractivity contribution in [3.05, 3.63) is 106 Å². The zero-order valence-electron chi connectivity index (χ0n) is 20.2. The van der Waals surface area contributed by atoms with E-state index in [0.29, 0.717) is 5.11 Å². The lowest BCUT2D eigenvalue weighted by atomic mass is 9.96. The molecule has 2 atom stereocenters. The second kappa shape index (κ2) is 9.87. The molecule has 6 nitrogen and oxygen atoms in total. The minimum absolute atomic E-state index is 0.103. The van der Waals surface area contributed by atoms with Crippen molar-refractivity contribution < 1.29 is 4.79 Å². The normalized spacial score (nSPS) is 17.2. The molecular formula is C28H26BrN5OS. The summed E-state index contributed by atoms with van der Waals surface area (Å²) in [6, 6.07) is 23.9. The molecule has 2 aromatic carbocycles. The Kier molecular flexibility index (Phi) is 6.64. The van der Waals surface area contributed by atoms with E-state index in [9.17, 15) is 4.79 Å². The number of anilines is 2. The van der Waals surface area contributed by atoms with E-state index in [2.05, 4.69) is 73.1 Å². The van der Waals surface area contributed by atoms with Crippen LogP contribution in [0.15, 0.2) is 83.5 Å². The van der Waals surface area contributed by atoms with E-state index in [1.54, 1.807) is 0 Å². The number of hydrogen-bond acceptors (Lipinski definition) is 3. The van der Waals surface area contributed by atoms with Crippen LogP contribution in [0.1, 0.15) is 41.7 Å². The molecule has 0 bridgehead atoms. The highest BCUT2D eigenvalue weighted by atomic mass is 79.9. The van der Waals surface area contributed by atoms with E-state index in [4.69, 9.17) is 12.2 Å².